The first-order chi connectivity index (χ1) is 16.2. The molecule has 0 saturated carbocycles. The molecule has 192 valence electrons. The zero-order valence-electron chi connectivity index (χ0n) is 22.5. The van der Waals surface area contributed by atoms with Crippen LogP contribution in [0.3, 0.4) is 0 Å². The first-order valence-corrected chi connectivity index (χ1v) is 15.3. The predicted octanol–water partition coefficient (Wildman–Crippen LogP) is 11.8. The van der Waals surface area contributed by atoms with Crippen molar-refractivity contribution in [3.63, 3.8) is 0 Å². The fourth-order valence-corrected chi connectivity index (χ4v) is 5.54. The lowest BCUT2D eigenvalue weighted by atomic mass is 9.87. The summed E-state index contributed by atoms with van der Waals surface area (Å²) in [7, 11) is 0. The molecule has 0 atom stereocenters. The monoisotopic (exact) mass is 476 g/mol. The van der Waals surface area contributed by atoms with Gasteiger partial charge in [-0.25, -0.2) is 0 Å². The quantitative estimate of drug-likeness (QED) is 0.103. The zero-order chi connectivity index (χ0) is 23.9. The molecule has 0 aromatic heterocycles. The van der Waals surface area contributed by atoms with Crippen LogP contribution in [0.25, 0.3) is 0 Å². The maximum Gasteiger partial charge on any atom is 0.0487 e. The van der Waals surface area contributed by atoms with Crippen LogP contribution in [0.2, 0.25) is 0 Å². The lowest BCUT2D eigenvalue weighted by Gasteiger charge is -2.28. The second-order valence-electron chi connectivity index (χ2n) is 10.7. The van der Waals surface area contributed by atoms with E-state index in [1.165, 1.54) is 147 Å². The van der Waals surface area contributed by atoms with Gasteiger partial charge in [-0.3, -0.25) is 0 Å². The molecule has 0 unspecified atom stereocenters. The highest BCUT2D eigenvalue weighted by Gasteiger charge is 2.26. The van der Waals surface area contributed by atoms with E-state index in [0.29, 0.717) is 0 Å². The maximum atomic E-state index is 7.30. The molecule has 0 saturated heterocycles. The van der Waals surface area contributed by atoms with Gasteiger partial charge in [-0.05, 0) is 24.8 Å². The summed E-state index contributed by atoms with van der Waals surface area (Å²) >= 11 is 7.30. The van der Waals surface area contributed by atoms with Crippen LogP contribution in [0, 0.1) is 0 Å². The lowest BCUT2D eigenvalue weighted by Crippen LogP contribution is -2.24. The molecule has 0 bridgehead atoms. The lowest BCUT2D eigenvalue weighted by molar-refractivity contribution is 0.429. The first kappa shape index (κ1) is 30.5. The molecular weight excluding hydrogens is 420 g/mol. The van der Waals surface area contributed by atoms with E-state index < -0.39 is 0 Å². The van der Waals surface area contributed by atoms with Crippen LogP contribution >= 0.6 is 11.6 Å². The van der Waals surface area contributed by atoms with Crippen LogP contribution < -0.4 is 0 Å². The summed E-state index contributed by atoms with van der Waals surface area (Å²) in [5, 5.41) is 0. The molecule has 1 aromatic carbocycles. The molecule has 0 nitrogen and oxygen atoms in total. The summed E-state index contributed by atoms with van der Waals surface area (Å²) in [5.74, 6) is 0. The van der Waals surface area contributed by atoms with Gasteiger partial charge in [0.15, 0.2) is 0 Å². The summed E-state index contributed by atoms with van der Waals surface area (Å²) in [6.07, 6.45) is 31.3. The Morgan fingerprint density at radius 1 is 0.485 bits per heavy atom. The first-order valence-electron chi connectivity index (χ1n) is 14.9. The third kappa shape index (κ3) is 18.5. The van der Waals surface area contributed by atoms with E-state index in [4.69, 9.17) is 11.6 Å². The summed E-state index contributed by atoms with van der Waals surface area (Å²) in [4.78, 5) is -0.0400. The van der Waals surface area contributed by atoms with Crippen LogP contribution in [-0.4, -0.2) is 4.87 Å². The van der Waals surface area contributed by atoms with Gasteiger partial charge in [-0.15, -0.1) is 11.6 Å². The average molecular weight is 477 g/mol. The second-order valence-corrected chi connectivity index (χ2v) is 11.5. The van der Waals surface area contributed by atoms with Crippen molar-refractivity contribution in [3.05, 3.63) is 35.9 Å². The standard InChI is InChI=1S/C32H57Cl/c1-3-5-7-9-11-13-15-17-19-24-28-32(33,30-31-26-22-21-23-27-31)29-25-20-18-16-14-12-10-8-6-4-2/h21-23,26-27H,3-20,24-25,28-30H2,1-2H3. The van der Waals surface area contributed by atoms with Gasteiger partial charge in [0.25, 0.3) is 0 Å². The molecule has 0 heterocycles. The molecule has 1 rings (SSSR count). The minimum atomic E-state index is -0.0400. The van der Waals surface area contributed by atoms with Gasteiger partial charge in [-0.1, -0.05) is 173 Å². The Balaban J connectivity index is 2.22. The molecule has 0 spiro atoms. The number of unbranched alkanes of at least 4 members (excludes halogenated alkanes) is 18. The Morgan fingerprint density at radius 2 is 0.818 bits per heavy atom. The van der Waals surface area contributed by atoms with Crippen molar-refractivity contribution in [2.45, 2.75) is 166 Å². The molecule has 0 amide bonds. The number of alkyl halides is 1. The SMILES string of the molecule is CCCCCCCCCCCCC(Cl)(CCCCCCCCCCCC)Cc1ccccc1. The summed E-state index contributed by atoms with van der Waals surface area (Å²) in [5.41, 5.74) is 1.41. The minimum absolute atomic E-state index is 0.0400. The maximum absolute atomic E-state index is 7.30. The molecule has 0 N–H and O–H groups in total. The number of hydrogen-bond acceptors (Lipinski definition) is 0. The summed E-state index contributed by atoms with van der Waals surface area (Å²) < 4.78 is 0. The summed E-state index contributed by atoms with van der Waals surface area (Å²) in [6.45, 7) is 4.59. The van der Waals surface area contributed by atoms with Crippen molar-refractivity contribution in [3.8, 4) is 0 Å². The van der Waals surface area contributed by atoms with Crippen molar-refractivity contribution in [1.29, 1.82) is 0 Å². The van der Waals surface area contributed by atoms with Crippen LogP contribution in [0.1, 0.15) is 161 Å². The molecule has 0 aliphatic heterocycles. The van der Waals surface area contributed by atoms with Gasteiger partial charge < -0.3 is 0 Å². The van der Waals surface area contributed by atoms with E-state index in [0.717, 1.165) is 6.42 Å². The highest BCUT2D eigenvalue weighted by molar-refractivity contribution is 6.24. The van der Waals surface area contributed by atoms with Crippen molar-refractivity contribution >= 4 is 11.6 Å². The Labute approximate surface area is 213 Å². The van der Waals surface area contributed by atoms with Crippen molar-refractivity contribution in [2.24, 2.45) is 0 Å². The molecule has 0 aliphatic rings. The summed E-state index contributed by atoms with van der Waals surface area (Å²) in [6, 6.07) is 11.0. The van der Waals surface area contributed by atoms with E-state index >= 15 is 0 Å². The number of hydrogen-bond donors (Lipinski definition) is 0. The Hall–Kier alpha value is -0.490. The molecule has 0 radical (unpaired) electrons. The van der Waals surface area contributed by atoms with E-state index in [2.05, 4.69) is 44.2 Å². The van der Waals surface area contributed by atoms with Crippen molar-refractivity contribution in [2.75, 3.05) is 0 Å². The van der Waals surface area contributed by atoms with Gasteiger partial charge in [0.1, 0.15) is 0 Å². The molecule has 1 heteroatoms. The Kier molecular flexibility index (Phi) is 20.4. The third-order valence-electron chi connectivity index (χ3n) is 7.32. The third-order valence-corrected chi connectivity index (χ3v) is 7.83. The van der Waals surface area contributed by atoms with E-state index in [1.54, 1.807) is 0 Å². The smallest absolute Gasteiger partial charge is 0.0487 e. The highest BCUT2D eigenvalue weighted by Crippen LogP contribution is 2.33. The topological polar surface area (TPSA) is 0 Å². The number of benzene rings is 1. The Bertz CT molecular complexity index is 484. The predicted molar refractivity (Wildman–Crippen MR) is 152 cm³/mol. The van der Waals surface area contributed by atoms with Crippen molar-refractivity contribution < 1.29 is 0 Å². The molecule has 1 aromatic rings. The Morgan fingerprint density at radius 3 is 1.18 bits per heavy atom. The molecule has 0 fully saturated rings. The van der Waals surface area contributed by atoms with Gasteiger partial charge in [-0.2, -0.15) is 0 Å². The van der Waals surface area contributed by atoms with E-state index in [1.807, 2.05) is 0 Å². The van der Waals surface area contributed by atoms with Gasteiger partial charge in [0, 0.05) is 4.87 Å². The van der Waals surface area contributed by atoms with Crippen molar-refractivity contribution in [1.82, 2.24) is 0 Å². The number of rotatable bonds is 24. The van der Waals surface area contributed by atoms with Gasteiger partial charge in [0.05, 0.1) is 0 Å². The van der Waals surface area contributed by atoms with Crippen LogP contribution in [0.15, 0.2) is 30.3 Å². The van der Waals surface area contributed by atoms with Crippen LogP contribution in [0.4, 0.5) is 0 Å². The van der Waals surface area contributed by atoms with Gasteiger partial charge >= 0.3 is 0 Å². The second kappa shape index (κ2) is 22.0. The molecule has 0 aliphatic carbocycles. The fraction of sp³-hybridized carbons (Fsp3) is 0.812. The molecular formula is C32H57Cl. The zero-order valence-corrected chi connectivity index (χ0v) is 23.3. The van der Waals surface area contributed by atoms with Crippen LogP contribution in [0.5, 0.6) is 0 Å². The number of halogens is 1. The van der Waals surface area contributed by atoms with Crippen LogP contribution in [-0.2, 0) is 6.42 Å². The normalized spacial score (nSPS) is 11.8. The van der Waals surface area contributed by atoms with E-state index in [-0.39, 0.29) is 4.87 Å². The molecule has 33 heavy (non-hydrogen) atoms. The minimum Gasteiger partial charge on any atom is -0.119 e. The fourth-order valence-electron chi connectivity index (χ4n) is 5.12. The van der Waals surface area contributed by atoms with E-state index in [9.17, 15) is 0 Å². The average Bonchev–Trinajstić information content (AvgIpc) is 2.82. The highest BCUT2D eigenvalue weighted by atomic mass is 35.5. The largest absolute Gasteiger partial charge is 0.119 e. The van der Waals surface area contributed by atoms with Gasteiger partial charge in [0.2, 0.25) is 0 Å².